The molecule has 4 saturated carbocycles. The summed E-state index contributed by atoms with van der Waals surface area (Å²) in [7, 11) is -1.71. The van der Waals surface area contributed by atoms with Gasteiger partial charge in [0.05, 0.1) is 48.9 Å². The number of aliphatic hydroxyl groups is 3. The highest BCUT2D eigenvalue weighted by molar-refractivity contribution is 7.85. The van der Waals surface area contributed by atoms with Crippen molar-refractivity contribution < 1.29 is 110 Å². The van der Waals surface area contributed by atoms with Crippen molar-refractivity contribution in [2.45, 2.75) is 160 Å². The smallest absolute Gasteiger partial charge is 0.410 e. The van der Waals surface area contributed by atoms with Crippen molar-refractivity contribution >= 4 is 90.2 Å². The highest BCUT2D eigenvalue weighted by Gasteiger charge is 2.66. The van der Waals surface area contributed by atoms with Crippen LogP contribution in [0.5, 0.6) is 17.2 Å². The minimum absolute atomic E-state index is 0.0189. The van der Waals surface area contributed by atoms with Gasteiger partial charge in [0, 0.05) is 111 Å². The number of nitrogens with zero attached hydrogens (tertiary/aromatic N) is 7. The Kier molecular flexibility index (Phi) is 24.5. The maximum Gasteiger partial charge on any atom is 0.410 e. The second-order valence-corrected chi connectivity index (χ2v) is 32.8. The van der Waals surface area contributed by atoms with Crippen LogP contribution in [0.25, 0.3) is 21.3 Å². The van der Waals surface area contributed by atoms with Crippen molar-refractivity contribution in [3.05, 3.63) is 119 Å². The number of nitrogens with one attached hydrogen (secondary N) is 3. The lowest BCUT2D eigenvalue weighted by atomic mass is 9.39. The third-order valence-corrected chi connectivity index (χ3v) is 23.1. The molecule has 35 heteroatoms. The van der Waals surface area contributed by atoms with Gasteiger partial charge in [-0.05, 0) is 141 Å². The van der Waals surface area contributed by atoms with Gasteiger partial charge in [-0.1, -0.05) is 43.7 Å². The number of pyridine rings is 1. The molecular formula is C76H92N10O23S2. The molecule has 7 aliphatic rings. The molecule has 111 heavy (non-hydrogen) atoms. The first-order chi connectivity index (χ1) is 52.9. The molecule has 596 valence electrons. The molecule has 3 aliphatic heterocycles. The number of unbranched alkanes of at least 4 members (excludes halogenated alkanes) is 2. The summed E-state index contributed by atoms with van der Waals surface area (Å²) in [6, 6.07) is 17.1. The van der Waals surface area contributed by atoms with E-state index in [1.807, 2.05) is 40.8 Å². The number of carboxylic acids is 2. The standard InChI is InChI=1S/C76H92N10O23S2/c1-44-50(48-18-20-57(81-61(48)68(95)96)84-26-23-47-51(34-84)49(17-19-54(47)104-5)66(93)82-71-80-52-12-8-9-13-56(52)110-71)33-78-86(44)43-75-38-73(2)37-74(3,39-75)41-76(40-73,42-75)107-31-28-83(27-30-103-4)72(99)106-35-45-15-16-46(108-70-64(92)62(90)63(91)65(109-70)69(97)98)32-55(45)105-29-11-24-77-67(94)53(36-111(100,101)102)79-58(87)14-7-6-10-25-85-59(88)21-22-60(85)89/h8-9,12-13,15-22,32-33,53,62-65,70,90-92H,6-7,10-11,14,23-31,34-43H2,1-5H3,(H,77,94)(H,79,87)(H,95,96)(H,97,98)(H,80,82,93)(H,100,101,102)/t53-,62-,63-,64+,65-,70+,73?,74?,75?,76?/m0/s1. The first-order valence-electron chi connectivity index (χ1n) is 36.7. The number of aliphatic hydroxyl groups excluding tert-OH is 3. The lowest BCUT2D eigenvalue weighted by Gasteiger charge is -2.69. The number of ether oxygens (including phenoxy) is 7. The fourth-order valence-corrected chi connectivity index (χ4v) is 19.1. The van der Waals surface area contributed by atoms with Gasteiger partial charge in [-0.15, -0.1) is 0 Å². The molecule has 0 radical (unpaired) electrons. The molecule has 9 N–H and O–H groups in total. The van der Waals surface area contributed by atoms with Crippen molar-refractivity contribution in [3.63, 3.8) is 0 Å². The Morgan fingerprint density at radius 1 is 0.811 bits per heavy atom. The summed E-state index contributed by atoms with van der Waals surface area (Å²) in [6.45, 7) is 7.66. The summed E-state index contributed by atoms with van der Waals surface area (Å²) in [5.41, 5.74) is 3.66. The Labute approximate surface area is 643 Å². The van der Waals surface area contributed by atoms with Crippen LogP contribution in [0.1, 0.15) is 128 Å². The average molecular weight is 1580 g/mol. The van der Waals surface area contributed by atoms with Gasteiger partial charge in [0.2, 0.25) is 18.1 Å². The summed E-state index contributed by atoms with van der Waals surface area (Å²) in [5.74, 6) is -5.87. The maximum absolute atomic E-state index is 14.3. The third-order valence-electron chi connectivity index (χ3n) is 21.4. The Hall–Kier alpha value is -9.72. The summed E-state index contributed by atoms with van der Waals surface area (Å²) in [4.78, 5) is 117. The number of carbonyl (C=O) groups excluding carboxylic acids is 6. The molecule has 6 aromatic rings. The van der Waals surface area contributed by atoms with Gasteiger partial charge >= 0.3 is 18.0 Å². The molecule has 1 saturated heterocycles. The van der Waals surface area contributed by atoms with Crippen LogP contribution in [-0.2, 0) is 79.2 Å². The number of fused-ring (bicyclic) bond motifs is 2. The Morgan fingerprint density at radius 3 is 2.27 bits per heavy atom. The average Bonchev–Trinajstić information content (AvgIpc) is 1.66. The minimum Gasteiger partial charge on any atom is -0.496 e. The van der Waals surface area contributed by atoms with E-state index in [4.69, 9.17) is 43.2 Å². The fourth-order valence-electron chi connectivity index (χ4n) is 17.6. The van der Waals surface area contributed by atoms with Crippen LogP contribution in [0.4, 0.5) is 15.7 Å². The second-order valence-electron chi connectivity index (χ2n) is 30.3. The highest BCUT2D eigenvalue weighted by atomic mass is 32.2. The number of aromatic carboxylic acids is 1. The summed E-state index contributed by atoms with van der Waals surface area (Å²) in [6.07, 6.45) is 0.0559. The monoisotopic (exact) mass is 1580 g/mol. The van der Waals surface area contributed by atoms with E-state index in [0.29, 0.717) is 72.2 Å². The van der Waals surface area contributed by atoms with Crippen molar-refractivity contribution in [2.24, 2.45) is 16.2 Å². The quantitative estimate of drug-likeness (QED) is 0.0128. The number of para-hydroxylation sites is 1. The van der Waals surface area contributed by atoms with Crippen molar-refractivity contribution in [3.8, 4) is 28.4 Å². The third kappa shape index (κ3) is 18.8. The number of hydrogen-bond donors (Lipinski definition) is 9. The number of hydrogen-bond acceptors (Lipinski definition) is 25. The number of carbonyl (C=O) groups is 8. The molecule has 6 heterocycles. The molecule has 0 spiro atoms. The molecule has 3 aromatic heterocycles. The number of aliphatic carboxylic acids is 1. The van der Waals surface area contributed by atoms with Crippen molar-refractivity contribution in [1.29, 1.82) is 0 Å². The first-order valence-corrected chi connectivity index (χ1v) is 39.1. The number of rotatable bonds is 35. The van der Waals surface area contributed by atoms with E-state index in [9.17, 15) is 76.9 Å². The molecule has 3 aromatic carbocycles. The topological polar surface area (TPSA) is 446 Å². The van der Waals surface area contributed by atoms with Gasteiger partial charge in [0.15, 0.2) is 16.9 Å². The maximum atomic E-state index is 14.3. The van der Waals surface area contributed by atoms with Gasteiger partial charge in [-0.25, -0.2) is 24.4 Å². The van der Waals surface area contributed by atoms with Gasteiger partial charge in [-0.3, -0.25) is 43.4 Å². The SMILES string of the molecule is COCCN(CCOC12CC3(C)CC(C)(CC(Cn4ncc(-c5ccc(N6CCc7c(OC)ccc(C(=O)Nc8nc9ccccc9s8)c7C6)nc5C(=O)O)c4C)(C3)C1)C2)C(=O)OCc1ccc(O[C@@H]2O[C@H](C(=O)O)[C@@H](O)[C@H](O)[C@H]2O)cc1OCCCNC(=O)[C@H](CS(=O)(=O)O)NC(=O)CCCCCN1C(=O)C=CC1=O. The van der Waals surface area contributed by atoms with E-state index < -0.39 is 106 Å². The van der Waals surface area contributed by atoms with Crippen LogP contribution < -0.4 is 35.1 Å². The first kappa shape index (κ1) is 80.8. The van der Waals surface area contributed by atoms with Gasteiger partial charge in [0.25, 0.3) is 27.8 Å². The van der Waals surface area contributed by atoms with E-state index in [2.05, 4.69) is 34.8 Å². The van der Waals surface area contributed by atoms with E-state index in [0.717, 1.165) is 76.2 Å². The lowest BCUT2D eigenvalue weighted by Crippen LogP contribution is -2.64. The number of aromatic nitrogens is 4. The van der Waals surface area contributed by atoms with Crippen LogP contribution >= 0.6 is 11.3 Å². The number of imide groups is 1. The van der Waals surface area contributed by atoms with Gasteiger partial charge in [0.1, 0.15) is 59.8 Å². The Morgan fingerprint density at radius 2 is 1.56 bits per heavy atom. The normalized spacial score (nSPS) is 24.1. The lowest BCUT2D eigenvalue weighted by molar-refractivity contribution is -0.271. The predicted octanol–water partition coefficient (Wildman–Crippen LogP) is 5.82. The molecule has 13 rings (SSSR count). The van der Waals surface area contributed by atoms with E-state index in [-0.39, 0.29) is 117 Å². The highest BCUT2D eigenvalue weighted by Crippen LogP contribution is 2.72. The molecule has 5 fully saturated rings. The van der Waals surface area contributed by atoms with E-state index in [1.54, 1.807) is 37.6 Å². The van der Waals surface area contributed by atoms with E-state index >= 15 is 0 Å². The molecule has 4 bridgehead atoms. The van der Waals surface area contributed by atoms with Crippen LogP contribution in [-0.4, -0.2) is 230 Å². The molecule has 8 atom stereocenters. The Balaban J connectivity index is 0.687. The molecule has 4 aliphatic carbocycles. The summed E-state index contributed by atoms with van der Waals surface area (Å²) in [5, 5.41) is 65.4. The zero-order valence-corrected chi connectivity index (χ0v) is 63.7. The van der Waals surface area contributed by atoms with Crippen LogP contribution in [0.3, 0.4) is 0 Å². The number of amides is 6. The van der Waals surface area contributed by atoms with Gasteiger partial charge < -0.3 is 79.1 Å². The second kappa shape index (κ2) is 33.7. The van der Waals surface area contributed by atoms with E-state index in [1.165, 1.54) is 41.5 Å². The van der Waals surface area contributed by atoms with Crippen LogP contribution in [0.15, 0.2) is 85.1 Å². The molecule has 33 nitrogen and oxygen atoms in total. The largest absolute Gasteiger partial charge is 0.496 e. The van der Waals surface area contributed by atoms with Crippen molar-refractivity contribution in [2.75, 3.05) is 82.7 Å². The zero-order chi connectivity index (χ0) is 79.3. The number of thiazole rings is 1. The number of benzene rings is 3. The van der Waals surface area contributed by atoms with Gasteiger partial charge in [-0.2, -0.15) is 13.5 Å². The van der Waals surface area contributed by atoms with Crippen molar-refractivity contribution in [1.82, 2.24) is 40.2 Å². The number of anilines is 2. The van der Waals surface area contributed by atoms with Crippen LogP contribution in [0, 0.1) is 23.2 Å². The van der Waals surface area contributed by atoms with Crippen LogP contribution in [0.2, 0.25) is 0 Å². The molecular weight excluding hydrogens is 1490 g/mol. The number of carboxylic acid groups (broad SMARTS) is 2. The Bertz CT molecular complexity index is 4610. The predicted molar refractivity (Wildman–Crippen MR) is 398 cm³/mol. The zero-order valence-electron chi connectivity index (χ0n) is 62.1. The fraction of sp³-hybridized carbons (Fsp3) is 0.513. The molecule has 6 amide bonds. The minimum atomic E-state index is -4.79. The molecule has 2 unspecified atom stereocenters. The summed E-state index contributed by atoms with van der Waals surface area (Å²) >= 11 is 1.38. The summed E-state index contributed by atoms with van der Waals surface area (Å²) < 4.78 is 78.0. The number of methoxy groups -OCH3 is 2.